The zero-order valence-electron chi connectivity index (χ0n) is 9.81. The number of pyridine rings is 1. The molecule has 0 amide bonds. The number of anilines is 2. The summed E-state index contributed by atoms with van der Waals surface area (Å²) in [6.07, 6.45) is 3.90. The van der Waals surface area contributed by atoms with Crippen molar-refractivity contribution in [3.8, 4) is 0 Å². The Labute approximate surface area is 102 Å². The summed E-state index contributed by atoms with van der Waals surface area (Å²) in [7, 11) is -3.36. The van der Waals surface area contributed by atoms with Crippen molar-refractivity contribution in [2.45, 2.75) is 13.3 Å². The number of hydrogen-bond acceptors (Lipinski definition) is 5. The van der Waals surface area contributed by atoms with Crippen LogP contribution in [0.25, 0.3) is 0 Å². The highest BCUT2D eigenvalue weighted by molar-refractivity contribution is 7.89. The minimum Gasteiger partial charge on any atom is -0.384 e. The maximum Gasteiger partial charge on any atom is 0.209 e. The van der Waals surface area contributed by atoms with Crippen molar-refractivity contribution >= 4 is 21.4 Å². The standard InChI is InChI=1S/C10H18N4O2S/c1-2-13-9-6-10(8-12-7-9)14-4-3-5-17(11,15)16/h6-8,13-14H,2-5H2,1H3,(H2,11,15,16). The molecule has 1 rings (SSSR count). The van der Waals surface area contributed by atoms with E-state index in [1.165, 1.54) is 0 Å². The Morgan fingerprint density at radius 1 is 1.29 bits per heavy atom. The summed E-state index contributed by atoms with van der Waals surface area (Å²) in [6.45, 7) is 3.39. The van der Waals surface area contributed by atoms with Gasteiger partial charge in [-0.1, -0.05) is 0 Å². The third-order valence-electron chi connectivity index (χ3n) is 2.05. The number of nitrogens with zero attached hydrogens (tertiary/aromatic N) is 1. The largest absolute Gasteiger partial charge is 0.384 e. The van der Waals surface area contributed by atoms with Crippen molar-refractivity contribution < 1.29 is 8.42 Å². The van der Waals surface area contributed by atoms with Crippen molar-refractivity contribution in [3.05, 3.63) is 18.5 Å². The van der Waals surface area contributed by atoms with Gasteiger partial charge >= 0.3 is 0 Å². The number of primary sulfonamides is 1. The first-order valence-electron chi connectivity index (χ1n) is 5.44. The van der Waals surface area contributed by atoms with Gasteiger partial charge in [0.2, 0.25) is 10.0 Å². The minimum absolute atomic E-state index is 0.0136. The van der Waals surface area contributed by atoms with Crippen LogP contribution in [0.3, 0.4) is 0 Å². The molecule has 0 fully saturated rings. The fraction of sp³-hybridized carbons (Fsp3) is 0.500. The number of hydrogen-bond donors (Lipinski definition) is 3. The Kier molecular flexibility index (Phi) is 5.17. The fourth-order valence-electron chi connectivity index (χ4n) is 1.34. The van der Waals surface area contributed by atoms with Crippen molar-refractivity contribution in [2.24, 2.45) is 5.14 Å². The van der Waals surface area contributed by atoms with E-state index in [0.717, 1.165) is 17.9 Å². The molecular formula is C10H18N4O2S. The molecule has 0 aliphatic heterocycles. The van der Waals surface area contributed by atoms with E-state index >= 15 is 0 Å². The molecule has 96 valence electrons. The van der Waals surface area contributed by atoms with E-state index in [0.29, 0.717) is 13.0 Å². The van der Waals surface area contributed by atoms with Gasteiger partial charge in [0, 0.05) is 13.1 Å². The zero-order valence-corrected chi connectivity index (χ0v) is 10.6. The van der Waals surface area contributed by atoms with E-state index in [2.05, 4.69) is 15.6 Å². The second-order valence-corrected chi connectivity index (χ2v) is 5.37. The molecule has 6 nitrogen and oxygen atoms in total. The minimum atomic E-state index is -3.36. The number of sulfonamides is 1. The third kappa shape index (κ3) is 6.08. The first-order valence-corrected chi connectivity index (χ1v) is 7.16. The average molecular weight is 258 g/mol. The summed E-state index contributed by atoms with van der Waals surface area (Å²) < 4.78 is 21.4. The number of rotatable bonds is 7. The SMILES string of the molecule is CCNc1cncc(NCCCS(N)(=O)=O)c1. The molecule has 1 aromatic heterocycles. The molecule has 7 heteroatoms. The second kappa shape index (κ2) is 6.41. The fourth-order valence-corrected chi connectivity index (χ4v) is 1.89. The van der Waals surface area contributed by atoms with Crippen molar-refractivity contribution in [1.29, 1.82) is 0 Å². The molecule has 0 spiro atoms. The van der Waals surface area contributed by atoms with E-state index in [1.54, 1.807) is 12.4 Å². The van der Waals surface area contributed by atoms with Crippen LogP contribution in [0.5, 0.6) is 0 Å². The Bertz CT molecular complexity index is 447. The van der Waals surface area contributed by atoms with Gasteiger partial charge in [0.25, 0.3) is 0 Å². The normalized spacial score (nSPS) is 11.2. The molecule has 0 saturated carbocycles. The highest BCUT2D eigenvalue weighted by Crippen LogP contribution is 2.12. The second-order valence-electron chi connectivity index (χ2n) is 3.64. The first kappa shape index (κ1) is 13.7. The highest BCUT2D eigenvalue weighted by atomic mass is 32.2. The quantitative estimate of drug-likeness (QED) is 0.622. The lowest BCUT2D eigenvalue weighted by molar-refractivity contribution is 0.596. The summed E-state index contributed by atoms with van der Waals surface area (Å²) in [5, 5.41) is 11.1. The van der Waals surface area contributed by atoms with Gasteiger partial charge in [0.05, 0.1) is 29.5 Å². The predicted octanol–water partition coefficient (Wildman–Crippen LogP) is 0.604. The molecule has 0 saturated heterocycles. The molecule has 0 atom stereocenters. The maximum atomic E-state index is 10.7. The Morgan fingerprint density at radius 2 is 1.94 bits per heavy atom. The van der Waals surface area contributed by atoms with Crippen LogP contribution in [-0.4, -0.2) is 32.2 Å². The van der Waals surface area contributed by atoms with Crippen LogP contribution < -0.4 is 15.8 Å². The summed E-state index contributed by atoms with van der Waals surface area (Å²) in [6, 6.07) is 1.92. The lowest BCUT2D eigenvalue weighted by Crippen LogP contribution is -2.18. The van der Waals surface area contributed by atoms with Crippen LogP contribution >= 0.6 is 0 Å². The summed E-state index contributed by atoms with van der Waals surface area (Å²) in [4.78, 5) is 4.06. The van der Waals surface area contributed by atoms with Gasteiger partial charge in [-0.25, -0.2) is 13.6 Å². The van der Waals surface area contributed by atoms with Gasteiger partial charge in [-0.3, -0.25) is 4.98 Å². The molecule has 0 unspecified atom stereocenters. The van der Waals surface area contributed by atoms with Crippen molar-refractivity contribution in [2.75, 3.05) is 29.5 Å². The predicted molar refractivity (Wildman–Crippen MR) is 69.5 cm³/mol. The van der Waals surface area contributed by atoms with Crippen LogP contribution in [-0.2, 0) is 10.0 Å². The Morgan fingerprint density at radius 3 is 2.53 bits per heavy atom. The summed E-state index contributed by atoms with van der Waals surface area (Å²) >= 11 is 0. The van der Waals surface area contributed by atoms with Crippen LogP contribution in [0.4, 0.5) is 11.4 Å². The molecule has 0 radical (unpaired) electrons. The van der Waals surface area contributed by atoms with Crippen LogP contribution in [0.1, 0.15) is 13.3 Å². The van der Waals surface area contributed by atoms with Gasteiger partial charge in [0.15, 0.2) is 0 Å². The third-order valence-corrected chi connectivity index (χ3v) is 2.91. The van der Waals surface area contributed by atoms with Gasteiger partial charge in [-0.2, -0.15) is 0 Å². The van der Waals surface area contributed by atoms with E-state index in [9.17, 15) is 8.42 Å². The Hall–Kier alpha value is -1.34. The Balaban J connectivity index is 2.38. The van der Waals surface area contributed by atoms with E-state index in [-0.39, 0.29) is 5.75 Å². The van der Waals surface area contributed by atoms with Crippen LogP contribution in [0.15, 0.2) is 18.5 Å². The molecule has 17 heavy (non-hydrogen) atoms. The van der Waals surface area contributed by atoms with Gasteiger partial charge in [-0.15, -0.1) is 0 Å². The van der Waals surface area contributed by atoms with E-state index in [1.807, 2.05) is 13.0 Å². The molecule has 0 aliphatic rings. The van der Waals surface area contributed by atoms with Gasteiger partial charge < -0.3 is 10.6 Å². The molecule has 1 heterocycles. The maximum absolute atomic E-state index is 10.7. The number of aromatic nitrogens is 1. The summed E-state index contributed by atoms with van der Waals surface area (Å²) in [5.74, 6) is -0.0136. The van der Waals surface area contributed by atoms with Crippen LogP contribution in [0.2, 0.25) is 0 Å². The number of nitrogens with one attached hydrogen (secondary N) is 2. The monoisotopic (exact) mass is 258 g/mol. The summed E-state index contributed by atoms with van der Waals surface area (Å²) in [5.41, 5.74) is 1.79. The van der Waals surface area contributed by atoms with E-state index < -0.39 is 10.0 Å². The molecule has 0 bridgehead atoms. The van der Waals surface area contributed by atoms with E-state index in [4.69, 9.17) is 5.14 Å². The highest BCUT2D eigenvalue weighted by Gasteiger charge is 2.01. The van der Waals surface area contributed by atoms with Gasteiger partial charge in [-0.05, 0) is 19.4 Å². The molecule has 4 N–H and O–H groups in total. The topological polar surface area (TPSA) is 97.1 Å². The number of nitrogens with two attached hydrogens (primary N) is 1. The van der Waals surface area contributed by atoms with Crippen molar-refractivity contribution in [3.63, 3.8) is 0 Å². The first-order chi connectivity index (χ1) is 8.01. The van der Waals surface area contributed by atoms with Crippen molar-refractivity contribution in [1.82, 2.24) is 4.98 Å². The smallest absolute Gasteiger partial charge is 0.209 e. The lowest BCUT2D eigenvalue weighted by atomic mass is 10.3. The van der Waals surface area contributed by atoms with Gasteiger partial charge in [0.1, 0.15) is 0 Å². The average Bonchev–Trinajstić information content (AvgIpc) is 2.24. The molecule has 1 aromatic rings. The molecule has 0 aliphatic carbocycles. The lowest BCUT2D eigenvalue weighted by Gasteiger charge is -2.08. The van der Waals surface area contributed by atoms with Crippen LogP contribution in [0, 0.1) is 0 Å². The molecule has 0 aromatic carbocycles. The zero-order chi connectivity index (χ0) is 12.7. The molecular weight excluding hydrogens is 240 g/mol.